The maximum atomic E-state index is 11.3. The van der Waals surface area contributed by atoms with Crippen LogP contribution in [-0.4, -0.2) is 12.5 Å². The molecule has 0 aliphatic carbocycles. The van der Waals surface area contributed by atoms with Crippen molar-refractivity contribution in [3.05, 3.63) is 22.6 Å². The highest BCUT2D eigenvalue weighted by atomic mass is 79.9. The second-order valence-corrected chi connectivity index (χ2v) is 3.90. The lowest BCUT2D eigenvalue weighted by Gasteiger charge is -2.24. The third kappa shape index (κ3) is 1.99. The number of hydrogen-bond acceptors (Lipinski definition) is 3. The fraction of sp³-hybridized carbons (Fsp3) is 0.444. The van der Waals surface area contributed by atoms with Crippen LogP contribution < -0.4 is 11.1 Å². The van der Waals surface area contributed by atoms with Crippen LogP contribution in [0.3, 0.4) is 0 Å². The van der Waals surface area contributed by atoms with Gasteiger partial charge in [0.05, 0.1) is 0 Å². The first-order valence-corrected chi connectivity index (χ1v) is 5.10. The van der Waals surface area contributed by atoms with E-state index in [2.05, 4.69) is 21.2 Å². The van der Waals surface area contributed by atoms with Crippen LogP contribution in [0.4, 0.5) is 0 Å². The molecule has 1 aromatic rings. The summed E-state index contributed by atoms with van der Waals surface area (Å²) in [4.78, 5) is 11.3. The summed E-state index contributed by atoms with van der Waals surface area (Å²) in [6.07, 6.45) is 0. The summed E-state index contributed by atoms with van der Waals surface area (Å²) < 4.78 is 5.90. The molecule has 1 heterocycles. The van der Waals surface area contributed by atoms with Crippen molar-refractivity contribution in [1.82, 2.24) is 5.32 Å². The second kappa shape index (κ2) is 4.14. The van der Waals surface area contributed by atoms with Gasteiger partial charge in [0.25, 0.3) is 0 Å². The topological polar surface area (TPSA) is 68.3 Å². The first-order valence-electron chi connectivity index (χ1n) is 4.31. The van der Waals surface area contributed by atoms with Crippen LogP contribution in [0.15, 0.2) is 21.2 Å². The lowest BCUT2D eigenvalue weighted by atomic mass is 9.98. The third-order valence-corrected chi connectivity index (χ3v) is 2.52. The highest BCUT2D eigenvalue weighted by molar-refractivity contribution is 9.10. The van der Waals surface area contributed by atoms with Gasteiger partial charge in [0, 0.05) is 0 Å². The van der Waals surface area contributed by atoms with Gasteiger partial charge in [-0.2, -0.15) is 0 Å². The van der Waals surface area contributed by atoms with Crippen molar-refractivity contribution >= 4 is 21.8 Å². The molecule has 0 saturated carbocycles. The summed E-state index contributed by atoms with van der Waals surface area (Å²) >= 11 is 3.18. The SMILES string of the molecule is CCNC(C)(C(N)=O)c1ccc(Br)o1. The van der Waals surface area contributed by atoms with Gasteiger partial charge in [-0.1, -0.05) is 6.92 Å². The lowest BCUT2D eigenvalue weighted by molar-refractivity contribution is -0.124. The van der Waals surface area contributed by atoms with E-state index in [-0.39, 0.29) is 0 Å². The Hall–Kier alpha value is -0.810. The molecule has 0 spiro atoms. The summed E-state index contributed by atoms with van der Waals surface area (Å²) in [7, 11) is 0. The van der Waals surface area contributed by atoms with Gasteiger partial charge in [0.2, 0.25) is 5.91 Å². The monoisotopic (exact) mass is 260 g/mol. The van der Waals surface area contributed by atoms with Crippen LogP contribution in [0.25, 0.3) is 0 Å². The first-order chi connectivity index (χ1) is 6.50. The van der Waals surface area contributed by atoms with Crippen LogP contribution >= 0.6 is 15.9 Å². The number of nitrogens with two attached hydrogens (primary N) is 1. The smallest absolute Gasteiger partial charge is 0.245 e. The van der Waals surface area contributed by atoms with E-state index in [0.29, 0.717) is 17.0 Å². The molecule has 1 atom stereocenters. The van der Waals surface area contributed by atoms with Crippen LogP contribution in [0.2, 0.25) is 0 Å². The van der Waals surface area contributed by atoms with Crippen LogP contribution in [0.1, 0.15) is 19.6 Å². The Morgan fingerprint density at radius 1 is 1.71 bits per heavy atom. The lowest BCUT2D eigenvalue weighted by Crippen LogP contribution is -2.50. The molecule has 0 radical (unpaired) electrons. The minimum absolute atomic E-state index is 0.457. The quantitative estimate of drug-likeness (QED) is 0.859. The fourth-order valence-corrected chi connectivity index (χ4v) is 1.54. The van der Waals surface area contributed by atoms with Crippen molar-refractivity contribution in [1.29, 1.82) is 0 Å². The number of carbonyl (C=O) groups excluding carboxylic acids is 1. The molecule has 1 amide bonds. The van der Waals surface area contributed by atoms with Gasteiger partial charge in [-0.3, -0.25) is 10.1 Å². The number of likely N-dealkylation sites (N-methyl/N-ethyl adjacent to an activating group) is 1. The maximum absolute atomic E-state index is 11.3. The molecule has 0 aliphatic rings. The molecule has 3 N–H and O–H groups in total. The number of carbonyl (C=O) groups is 1. The number of primary amides is 1. The molecular formula is C9H13BrN2O2. The van der Waals surface area contributed by atoms with Crippen molar-refractivity contribution in [3.8, 4) is 0 Å². The summed E-state index contributed by atoms with van der Waals surface area (Å²) in [5, 5.41) is 3.00. The molecule has 1 unspecified atom stereocenters. The highest BCUT2D eigenvalue weighted by Gasteiger charge is 2.35. The molecule has 0 bridgehead atoms. The summed E-state index contributed by atoms with van der Waals surface area (Å²) in [5.74, 6) is 0.0555. The normalized spacial score (nSPS) is 15.1. The Morgan fingerprint density at radius 2 is 2.36 bits per heavy atom. The largest absolute Gasteiger partial charge is 0.452 e. The standard InChI is InChI=1S/C9H13BrN2O2/c1-3-12-9(2,8(11)13)6-4-5-7(10)14-6/h4-5,12H,3H2,1-2H3,(H2,11,13). The van der Waals surface area contributed by atoms with Gasteiger partial charge < -0.3 is 10.2 Å². The highest BCUT2D eigenvalue weighted by Crippen LogP contribution is 2.25. The minimum Gasteiger partial charge on any atom is -0.452 e. The summed E-state index contributed by atoms with van der Waals surface area (Å²) in [5.41, 5.74) is 4.38. The minimum atomic E-state index is -0.944. The number of hydrogen-bond donors (Lipinski definition) is 2. The summed E-state index contributed by atoms with van der Waals surface area (Å²) in [6.45, 7) is 4.24. The predicted octanol–water partition coefficient (Wildman–Crippen LogP) is 1.35. The zero-order chi connectivity index (χ0) is 10.8. The van der Waals surface area contributed by atoms with Gasteiger partial charge in [-0.05, 0) is 41.5 Å². The molecule has 0 aromatic carbocycles. The summed E-state index contributed by atoms with van der Waals surface area (Å²) in [6, 6.07) is 3.45. The molecule has 0 fully saturated rings. The van der Waals surface area contributed by atoms with Gasteiger partial charge in [0.15, 0.2) is 10.2 Å². The Balaban J connectivity index is 3.05. The molecule has 14 heavy (non-hydrogen) atoms. The number of furan rings is 1. The Kier molecular flexibility index (Phi) is 3.34. The van der Waals surface area contributed by atoms with Crippen LogP contribution in [-0.2, 0) is 10.3 Å². The zero-order valence-electron chi connectivity index (χ0n) is 8.13. The maximum Gasteiger partial charge on any atom is 0.245 e. The van der Waals surface area contributed by atoms with Crippen LogP contribution in [0, 0.1) is 0 Å². The third-order valence-electron chi connectivity index (χ3n) is 2.09. The Morgan fingerprint density at radius 3 is 2.71 bits per heavy atom. The molecule has 1 aromatic heterocycles. The van der Waals surface area contributed by atoms with Crippen molar-refractivity contribution < 1.29 is 9.21 Å². The van der Waals surface area contributed by atoms with Crippen molar-refractivity contribution in [2.45, 2.75) is 19.4 Å². The fourth-order valence-electron chi connectivity index (χ4n) is 1.23. The van der Waals surface area contributed by atoms with Crippen molar-refractivity contribution in [3.63, 3.8) is 0 Å². The van der Waals surface area contributed by atoms with Crippen molar-refractivity contribution in [2.24, 2.45) is 5.73 Å². The van der Waals surface area contributed by atoms with E-state index in [9.17, 15) is 4.79 Å². The van der Waals surface area contributed by atoms with E-state index in [1.807, 2.05) is 6.92 Å². The Bertz CT molecular complexity index is 337. The average molecular weight is 261 g/mol. The molecule has 5 heteroatoms. The molecule has 1 rings (SSSR count). The van der Waals surface area contributed by atoms with E-state index in [0.717, 1.165) is 0 Å². The van der Waals surface area contributed by atoms with E-state index in [1.54, 1.807) is 19.1 Å². The van der Waals surface area contributed by atoms with E-state index in [4.69, 9.17) is 10.2 Å². The predicted molar refractivity (Wildman–Crippen MR) is 56.6 cm³/mol. The zero-order valence-corrected chi connectivity index (χ0v) is 9.72. The average Bonchev–Trinajstić information content (AvgIpc) is 2.52. The first kappa shape index (κ1) is 11.3. The molecular weight excluding hydrogens is 248 g/mol. The number of halogens is 1. The van der Waals surface area contributed by atoms with Crippen LogP contribution in [0.5, 0.6) is 0 Å². The van der Waals surface area contributed by atoms with E-state index in [1.165, 1.54) is 0 Å². The Labute approximate surface area is 91.0 Å². The van der Waals surface area contributed by atoms with E-state index >= 15 is 0 Å². The molecule has 4 nitrogen and oxygen atoms in total. The van der Waals surface area contributed by atoms with Gasteiger partial charge in [0.1, 0.15) is 5.76 Å². The molecule has 78 valence electrons. The van der Waals surface area contributed by atoms with Crippen molar-refractivity contribution in [2.75, 3.05) is 6.54 Å². The van der Waals surface area contributed by atoms with E-state index < -0.39 is 11.4 Å². The van der Waals surface area contributed by atoms with Gasteiger partial charge in [-0.25, -0.2) is 0 Å². The second-order valence-electron chi connectivity index (χ2n) is 3.12. The molecule has 0 aliphatic heterocycles. The van der Waals surface area contributed by atoms with Gasteiger partial charge >= 0.3 is 0 Å². The molecule has 0 saturated heterocycles. The number of nitrogens with one attached hydrogen (secondary N) is 1. The van der Waals surface area contributed by atoms with Gasteiger partial charge in [-0.15, -0.1) is 0 Å². The number of rotatable bonds is 4. The number of amides is 1.